The van der Waals surface area contributed by atoms with Gasteiger partial charge in [0.25, 0.3) is 0 Å². The van der Waals surface area contributed by atoms with Crippen LogP contribution in [0.4, 0.5) is 0 Å². The molecule has 3 atom stereocenters. The van der Waals surface area contributed by atoms with Crippen molar-refractivity contribution >= 4 is 0 Å². The van der Waals surface area contributed by atoms with Gasteiger partial charge in [-0.05, 0) is 36.8 Å². The molecule has 0 aromatic carbocycles. The Balaban J connectivity index is 1.78. The molecule has 92 valence electrons. The molecule has 3 unspecified atom stereocenters. The van der Waals surface area contributed by atoms with E-state index in [1.54, 1.807) is 0 Å². The topological polar surface area (TPSA) is 12.0 Å². The largest absolute Gasteiger partial charge is 0.365 e. The van der Waals surface area contributed by atoms with Crippen LogP contribution in [0.15, 0.2) is 36.2 Å². The molecule has 1 aliphatic heterocycles. The second-order valence-electron chi connectivity index (χ2n) is 5.76. The van der Waals surface area contributed by atoms with Crippen LogP contribution in [-0.4, -0.2) is 0 Å². The second kappa shape index (κ2) is 5.12. The van der Waals surface area contributed by atoms with E-state index in [4.69, 9.17) is 0 Å². The first-order valence-electron chi connectivity index (χ1n) is 7.25. The van der Waals surface area contributed by atoms with Crippen molar-refractivity contribution in [3.05, 3.63) is 36.2 Å². The Morgan fingerprint density at radius 3 is 2.76 bits per heavy atom. The number of rotatable bonds is 1. The molecule has 1 heterocycles. The molecule has 2 fully saturated rings. The molecular weight excluding hydrogens is 206 g/mol. The van der Waals surface area contributed by atoms with Crippen LogP contribution in [0.5, 0.6) is 0 Å². The van der Waals surface area contributed by atoms with Crippen molar-refractivity contribution in [2.75, 3.05) is 0 Å². The molecule has 2 saturated carbocycles. The third-order valence-corrected chi connectivity index (χ3v) is 4.82. The summed E-state index contributed by atoms with van der Waals surface area (Å²) in [5, 5.41) is 3.50. The van der Waals surface area contributed by atoms with E-state index < -0.39 is 0 Å². The van der Waals surface area contributed by atoms with E-state index in [0.717, 1.165) is 17.8 Å². The van der Waals surface area contributed by atoms with Crippen LogP contribution in [0.3, 0.4) is 0 Å². The highest BCUT2D eigenvalue weighted by Crippen LogP contribution is 2.45. The molecule has 3 rings (SSSR count). The maximum absolute atomic E-state index is 3.50. The Bertz CT molecular complexity index is 349. The first kappa shape index (κ1) is 11.1. The molecule has 0 aromatic heterocycles. The van der Waals surface area contributed by atoms with Crippen molar-refractivity contribution in [2.24, 2.45) is 17.8 Å². The van der Waals surface area contributed by atoms with Gasteiger partial charge in [0.15, 0.2) is 0 Å². The van der Waals surface area contributed by atoms with Gasteiger partial charge in [0.05, 0.1) is 0 Å². The summed E-state index contributed by atoms with van der Waals surface area (Å²) < 4.78 is 0. The van der Waals surface area contributed by atoms with Crippen molar-refractivity contribution < 1.29 is 0 Å². The highest BCUT2D eigenvalue weighted by molar-refractivity contribution is 5.23. The number of nitrogens with one attached hydrogen (secondary N) is 1. The van der Waals surface area contributed by atoms with Crippen molar-refractivity contribution in [1.29, 1.82) is 0 Å². The molecule has 1 heteroatoms. The third-order valence-electron chi connectivity index (χ3n) is 4.82. The molecule has 0 saturated heterocycles. The fraction of sp³-hybridized carbons (Fsp3) is 0.625. The highest BCUT2D eigenvalue weighted by Gasteiger charge is 2.36. The normalized spacial score (nSPS) is 36.7. The zero-order valence-electron chi connectivity index (χ0n) is 10.6. The Morgan fingerprint density at radius 2 is 1.76 bits per heavy atom. The van der Waals surface area contributed by atoms with Gasteiger partial charge in [-0.1, -0.05) is 44.3 Å². The lowest BCUT2D eigenvalue weighted by Crippen LogP contribution is -2.34. The minimum absolute atomic E-state index is 0.793. The average molecular weight is 229 g/mol. The fourth-order valence-corrected chi connectivity index (χ4v) is 4.03. The quantitative estimate of drug-likeness (QED) is 0.712. The van der Waals surface area contributed by atoms with Crippen molar-refractivity contribution in [3.63, 3.8) is 0 Å². The average Bonchev–Trinajstić information content (AvgIpc) is 2.67. The van der Waals surface area contributed by atoms with E-state index in [1.807, 2.05) is 0 Å². The molecular formula is C16H23N. The molecule has 1 N–H and O–H groups in total. The summed E-state index contributed by atoms with van der Waals surface area (Å²) in [4.78, 5) is 0. The smallest absolute Gasteiger partial charge is 0.0180 e. The van der Waals surface area contributed by atoms with Crippen LogP contribution in [0.25, 0.3) is 0 Å². The van der Waals surface area contributed by atoms with Gasteiger partial charge in [-0.3, -0.25) is 0 Å². The molecule has 0 spiro atoms. The predicted octanol–water partition coefficient (Wildman–Crippen LogP) is 4.15. The van der Waals surface area contributed by atoms with E-state index in [9.17, 15) is 0 Å². The SMILES string of the molecule is C1=CC=C(C2CCCC3CCCCC32)NC=C1. The fourth-order valence-electron chi connectivity index (χ4n) is 4.03. The number of fused-ring (bicyclic) bond motifs is 1. The zero-order chi connectivity index (χ0) is 11.5. The van der Waals surface area contributed by atoms with Gasteiger partial charge in [-0.25, -0.2) is 0 Å². The molecule has 2 aliphatic carbocycles. The van der Waals surface area contributed by atoms with E-state index >= 15 is 0 Å². The van der Waals surface area contributed by atoms with Gasteiger partial charge in [-0.2, -0.15) is 0 Å². The summed E-state index contributed by atoms with van der Waals surface area (Å²) in [6.07, 6.45) is 20.9. The molecule has 0 bridgehead atoms. The highest BCUT2D eigenvalue weighted by atomic mass is 14.9. The van der Waals surface area contributed by atoms with Gasteiger partial charge in [0.2, 0.25) is 0 Å². The van der Waals surface area contributed by atoms with Gasteiger partial charge < -0.3 is 5.32 Å². The van der Waals surface area contributed by atoms with E-state index in [-0.39, 0.29) is 0 Å². The van der Waals surface area contributed by atoms with Crippen molar-refractivity contribution in [1.82, 2.24) is 5.32 Å². The molecule has 1 nitrogen and oxygen atoms in total. The second-order valence-corrected chi connectivity index (χ2v) is 5.76. The van der Waals surface area contributed by atoms with Crippen LogP contribution < -0.4 is 5.32 Å². The lowest BCUT2D eigenvalue weighted by atomic mass is 9.64. The third kappa shape index (κ3) is 2.34. The van der Waals surface area contributed by atoms with E-state index in [0.29, 0.717) is 0 Å². The molecule has 0 radical (unpaired) electrons. The van der Waals surface area contributed by atoms with E-state index in [2.05, 4.69) is 35.8 Å². The van der Waals surface area contributed by atoms with Gasteiger partial charge in [-0.15, -0.1) is 0 Å². The predicted molar refractivity (Wildman–Crippen MR) is 72.3 cm³/mol. The standard InChI is InChI=1S/C16H23N/c1-2-11-16(17-12-5-1)15-10-6-8-13-7-3-4-9-14(13)15/h1-2,5,11-15,17H,3-4,6-10H2. The lowest BCUT2D eigenvalue weighted by molar-refractivity contribution is 0.121. The molecule has 0 amide bonds. The Morgan fingerprint density at radius 1 is 0.882 bits per heavy atom. The van der Waals surface area contributed by atoms with Gasteiger partial charge in [0.1, 0.15) is 0 Å². The minimum atomic E-state index is 0.793. The monoisotopic (exact) mass is 229 g/mol. The summed E-state index contributed by atoms with van der Waals surface area (Å²) in [5.74, 6) is 2.76. The maximum Gasteiger partial charge on any atom is 0.0180 e. The maximum atomic E-state index is 3.50. The molecule has 17 heavy (non-hydrogen) atoms. The summed E-state index contributed by atoms with van der Waals surface area (Å²) >= 11 is 0. The van der Waals surface area contributed by atoms with Crippen LogP contribution in [0.1, 0.15) is 44.9 Å². The summed E-state index contributed by atoms with van der Waals surface area (Å²) in [5.41, 5.74) is 1.46. The number of hydrogen-bond donors (Lipinski definition) is 1. The Hall–Kier alpha value is -0.980. The lowest BCUT2D eigenvalue weighted by Gasteiger charge is -2.42. The van der Waals surface area contributed by atoms with Crippen LogP contribution in [0, 0.1) is 17.8 Å². The summed E-state index contributed by atoms with van der Waals surface area (Å²) in [6, 6.07) is 0. The first-order chi connectivity index (χ1) is 8.45. The van der Waals surface area contributed by atoms with E-state index in [1.165, 1.54) is 50.6 Å². The van der Waals surface area contributed by atoms with Crippen LogP contribution >= 0.6 is 0 Å². The number of allylic oxidation sites excluding steroid dienone is 5. The Kier molecular flexibility index (Phi) is 3.35. The van der Waals surface area contributed by atoms with Gasteiger partial charge in [0, 0.05) is 17.8 Å². The first-order valence-corrected chi connectivity index (χ1v) is 7.25. The molecule has 0 aromatic rings. The van der Waals surface area contributed by atoms with Crippen molar-refractivity contribution in [2.45, 2.75) is 44.9 Å². The molecule has 3 aliphatic rings. The summed E-state index contributed by atoms with van der Waals surface area (Å²) in [7, 11) is 0. The minimum Gasteiger partial charge on any atom is -0.365 e. The summed E-state index contributed by atoms with van der Waals surface area (Å²) in [6.45, 7) is 0. The number of hydrogen-bond acceptors (Lipinski definition) is 1. The zero-order valence-corrected chi connectivity index (χ0v) is 10.6. The Labute approximate surface area is 105 Å². The van der Waals surface area contributed by atoms with Crippen molar-refractivity contribution in [3.8, 4) is 0 Å². The van der Waals surface area contributed by atoms with Crippen LogP contribution in [0.2, 0.25) is 0 Å². The van der Waals surface area contributed by atoms with Crippen LogP contribution in [-0.2, 0) is 0 Å². The van der Waals surface area contributed by atoms with Gasteiger partial charge >= 0.3 is 0 Å².